The van der Waals surface area contributed by atoms with E-state index in [1.807, 2.05) is 11.8 Å². The van der Waals surface area contributed by atoms with E-state index in [4.69, 9.17) is 0 Å². The van der Waals surface area contributed by atoms with Gasteiger partial charge in [-0.05, 0) is 31.9 Å². The molecule has 0 radical (unpaired) electrons. The van der Waals surface area contributed by atoms with Crippen molar-refractivity contribution in [3.05, 3.63) is 60.1 Å². The van der Waals surface area contributed by atoms with E-state index in [1.54, 1.807) is 43.1 Å². The molecule has 132 valence electrons. The standard InChI is InChI=1S/C19H20N6O/c1-13-10-23-18(24-13)17-16(21-7-8-22-17)15-5-3-9-25(12-15)19(26)14-4-2-6-20-11-14/h2,4,6-8,10-11,15H,3,5,9,12H2,1H3,(H,23,24)/t15-/m1/s1. The molecule has 1 fully saturated rings. The first-order valence-corrected chi connectivity index (χ1v) is 8.74. The van der Waals surface area contributed by atoms with Crippen molar-refractivity contribution in [2.45, 2.75) is 25.7 Å². The molecule has 0 aliphatic carbocycles. The van der Waals surface area contributed by atoms with Crippen LogP contribution in [0.5, 0.6) is 0 Å². The third-order valence-electron chi connectivity index (χ3n) is 4.66. The first-order chi connectivity index (χ1) is 12.7. The minimum Gasteiger partial charge on any atom is -0.341 e. The second-order valence-corrected chi connectivity index (χ2v) is 6.54. The average molecular weight is 348 g/mol. The van der Waals surface area contributed by atoms with Gasteiger partial charge < -0.3 is 9.88 Å². The van der Waals surface area contributed by atoms with Crippen LogP contribution in [0.25, 0.3) is 11.5 Å². The molecule has 1 saturated heterocycles. The van der Waals surface area contributed by atoms with Gasteiger partial charge in [0.05, 0.1) is 11.3 Å². The van der Waals surface area contributed by atoms with E-state index in [9.17, 15) is 4.79 Å². The van der Waals surface area contributed by atoms with Crippen LogP contribution in [0.15, 0.2) is 43.1 Å². The van der Waals surface area contributed by atoms with Gasteiger partial charge in [0.15, 0.2) is 5.82 Å². The molecule has 3 aromatic heterocycles. The van der Waals surface area contributed by atoms with Crippen LogP contribution in [-0.4, -0.2) is 48.8 Å². The summed E-state index contributed by atoms with van der Waals surface area (Å²) in [5.41, 5.74) is 3.26. The number of aromatic nitrogens is 5. The third kappa shape index (κ3) is 3.20. The number of aromatic amines is 1. The molecule has 4 heterocycles. The predicted molar refractivity (Wildman–Crippen MR) is 96.5 cm³/mol. The average Bonchev–Trinajstić information content (AvgIpc) is 3.14. The Morgan fingerprint density at radius 3 is 2.85 bits per heavy atom. The number of carbonyl (C=O) groups is 1. The summed E-state index contributed by atoms with van der Waals surface area (Å²) >= 11 is 0. The highest BCUT2D eigenvalue weighted by atomic mass is 16.2. The Labute approximate surface area is 151 Å². The zero-order valence-corrected chi connectivity index (χ0v) is 14.6. The first-order valence-electron chi connectivity index (χ1n) is 8.74. The Hall–Kier alpha value is -3.09. The van der Waals surface area contributed by atoms with Gasteiger partial charge in [0.25, 0.3) is 5.91 Å². The third-order valence-corrected chi connectivity index (χ3v) is 4.66. The number of nitrogens with zero attached hydrogens (tertiary/aromatic N) is 5. The highest BCUT2D eigenvalue weighted by Crippen LogP contribution is 2.31. The number of H-pyrrole nitrogens is 1. The van der Waals surface area contributed by atoms with Gasteiger partial charge in [0.1, 0.15) is 5.69 Å². The zero-order valence-electron chi connectivity index (χ0n) is 14.6. The monoisotopic (exact) mass is 348 g/mol. The maximum absolute atomic E-state index is 12.8. The fraction of sp³-hybridized carbons (Fsp3) is 0.316. The summed E-state index contributed by atoms with van der Waals surface area (Å²) < 4.78 is 0. The molecule has 4 rings (SSSR count). The Morgan fingerprint density at radius 1 is 1.19 bits per heavy atom. The smallest absolute Gasteiger partial charge is 0.255 e. The molecule has 1 amide bonds. The van der Waals surface area contributed by atoms with Crippen LogP contribution in [0.1, 0.15) is 40.5 Å². The lowest BCUT2D eigenvalue weighted by atomic mass is 9.92. The molecule has 1 aliphatic rings. The van der Waals surface area contributed by atoms with Crippen LogP contribution in [0.4, 0.5) is 0 Å². The van der Waals surface area contributed by atoms with Crippen LogP contribution in [-0.2, 0) is 0 Å². The minimum atomic E-state index is 0.0158. The van der Waals surface area contributed by atoms with Crippen LogP contribution >= 0.6 is 0 Å². The summed E-state index contributed by atoms with van der Waals surface area (Å²) in [5, 5.41) is 0. The van der Waals surface area contributed by atoms with E-state index in [0.29, 0.717) is 12.1 Å². The fourth-order valence-corrected chi connectivity index (χ4v) is 3.42. The molecule has 7 nitrogen and oxygen atoms in total. The molecule has 0 aromatic carbocycles. The molecule has 1 atom stereocenters. The van der Waals surface area contributed by atoms with Gasteiger partial charge >= 0.3 is 0 Å². The summed E-state index contributed by atoms with van der Waals surface area (Å²) in [6, 6.07) is 3.59. The van der Waals surface area contributed by atoms with Gasteiger partial charge in [-0.15, -0.1) is 0 Å². The molecule has 1 aliphatic heterocycles. The maximum Gasteiger partial charge on any atom is 0.255 e. The summed E-state index contributed by atoms with van der Waals surface area (Å²) in [7, 11) is 0. The molecule has 0 unspecified atom stereocenters. The molecule has 0 spiro atoms. The number of likely N-dealkylation sites (tertiary alicyclic amines) is 1. The number of carbonyl (C=O) groups excluding carboxylic acids is 1. The van der Waals surface area contributed by atoms with Crippen molar-refractivity contribution in [2.75, 3.05) is 13.1 Å². The molecular weight excluding hydrogens is 328 g/mol. The topological polar surface area (TPSA) is 87.7 Å². The fourth-order valence-electron chi connectivity index (χ4n) is 3.42. The van der Waals surface area contributed by atoms with E-state index < -0.39 is 0 Å². The highest BCUT2D eigenvalue weighted by Gasteiger charge is 2.29. The van der Waals surface area contributed by atoms with Crippen LogP contribution in [0.3, 0.4) is 0 Å². The first kappa shape index (κ1) is 16.4. The second-order valence-electron chi connectivity index (χ2n) is 6.54. The molecule has 1 N–H and O–H groups in total. The zero-order chi connectivity index (χ0) is 17.9. The number of imidazole rings is 1. The van der Waals surface area contributed by atoms with E-state index in [1.165, 1.54) is 0 Å². The van der Waals surface area contributed by atoms with Gasteiger partial charge in [-0.2, -0.15) is 0 Å². The maximum atomic E-state index is 12.8. The summed E-state index contributed by atoms with van der Waals surface area (Å²) in [5.74, 6) is 0.877. The molecular formula is C19H20N6O. The SMILES string of the molecule is Cc1cnc(-c2nccnc2[C@@H]2CCCN(C(=O)c3cccnc3)C2)[nH]1. The van der Waals surface area contributed by atoms with Crippen molar-refractivity contribution in [3.63, 3.8) is 0 Å². The number of hydrogen-bond donors (Lipinski definition) is 1. The lowest BCUT2D eigenvalue weighted by molar-refractivity contribution is 0.0705. The van der Waals surface area contributed by atoms with Gasteiger partial charge in [-0.25, -0.2) is 9.97 Å². The molecule has 3 aromatic rings. The number of pyridine rings is 1. The number of amides is 1. The normalized spacial score (nSPS) is 17.3. The summed E-state index contributed by atoms with van der Waals surface area (Å²) in [4.78, 5) is 35.4. The Balaban J connectivity index is 1.60. The highest BCUT2D eigenvalue weighted by molar-refractivity contribution is 5.94. The second kappa shape index (κ2) is 7.03. The Kier molecular flexibility index (Phi) is 4.43. The van der Waals surface area contributed by atoms with Crippen molar-refractivity contribution in [2.24, 2.45) is 0 Å². The van der Waals surface area contributed by atoms with Crippen molar-refractivity contribution >= 4 is 5.91 Å². The van der Waals surface area contributed by atoms with Gasteiger partial charge in [-0.3, -0.25) is 14.8 Å². The van der Waals surface area contributed by atoms with Crippen molar-refractivity contribution in [1.82, 2.24) is 29.8 Å². The van der Waals surface area contributed by atoms with Gasteiger partial charge in [0, 0.05) is 55.7 Å². The number of hydrogen-bond acceptors (Lipinski definition) is 5. The lowest BCUT2D eigenvalue weighted by Crippen LogP contribution is -2.39. The Bertz CT molecular complexity index is 907. The molecule has 26 heavy (non-hydrogen) atoms. The number of nitrogens with one attached hydrogen (secondary N) is 1. The predicted octanol–water partition coefficient (Wildman–Crippen LogP) is 2.59. The summed E-state index contributed by atoms with van der Waals surface area (Å²) in [6.07, 6.45) is 10.4. The minimum absolute atomic E-state index is 0.0158. The molecule has 7 heteroatoms. The lowest BCUT2D eigenvalue weighted by Gasteiger charge is -2.32. The molecule has 0 saturated carbocycles. The van der Waals surface area contributed by atoms with E-state index in [0.717, 1.165) is 42.3 Å². The number of rotatable bonds is 3. The largest absolute Gasteiger partial charge is 0.341 e. The Morgan fingerprint density at radius 2 is 2.08 bits per heavy atom. The number of aryl methyl sites for hydroxylation is 1. The van der Waals surface area contributed by atoms with Crippen molar-refractivity contribution in [3.8, 4) is 11.5 Å². The van der Waals surface area contributed by atoms with Crippen molar-refractivity contribution in [1.29, 1.82) is 0 Å². The van der Waals surface area contributed by atoms with Crippen LogP contribution in [0.2, 0.25) is 0 Å². The van der Waals surface area contributed by atoms with Crippen molar-refractivity contribution < 1.29 is 4.79 Å². The quantitative estimate of drug-likeness (QED) is 0.786. The number of piperidine rings is 1. The van der Waals surface area contributed by atoms with Gasteiger partial charge in [-0.1, -0.05) is 0 Å². The van der Waals surface area contributed by atoms with Crippen LogP contribution in [0, 0.1) is 6.92 Å². The molecule has 0 bridgehead atoms. The van der Waals surface area contributed by atoms with Crippen LogP contribution < -0.4 is 0 Å². The van der Waals surface area contributed by atoms with E-state index >= 15 is 0 Å². The van der Waals surface area contributed by atoms with E-state index in [2.05, 4.69) is 24.9 Å². The van der Waals surface area contributed by atoms with E-state index in [-0.39, 0.29) is 11.8 Å². The van der Waals surface area contributed by atoms with Gasteiger partial charge in [0.2, 0.25) is 0 Å². The summed E-state index contributed by atoms with van der Waals surface area (Å²) in [6.45, 7) is 3.33.